The lowest BCUT2D eigenvalue weighted by Gasteiger charge is -2.23. The van der Waals surface area contributed by atoms with Gasteiger partial charge in [-0.15, -0.1) is 0 Å². The molecule has 0 fully saturated rings. The first kappa shape index (κ1) is 11.8. The van der Waals surface area contributed by atoms with E-state index in [-0.39, 0.29) is 0 Å². The average molecular weight is 265 g/mol. The highest BCUT2D eigenvalue weighted by Gasteiger charge is 2.20. The van der Waals surface area contributed by atoms with E-state index in [0.29, 0.717) is 6.04 Å². The third-order valence-electron chi connectivity index (χ3n) is 4.39. The molecule has 1 aliphatic heterocycles. The average Bonchev–Trinajstić information content (AvgIpc) is 3.17. The van der Waals surface area contributed by atoms with E-state index in [1.54, 1.807) is 0 Å². The number of imidazole rings is 1. The number of hydrogen-bond acceptors (Lipinski definition) is 2. The van der Waals surface area contributed by atoms with Crippen molar-refractivity contribution in [3.8, 4) is 11.3 Å². The molecule has 1 aliphatic carbocycles. The van der Waals surface area contributed by atoms with Crippen LogP contribution in [-0.4, -0.2) is 16.1 Å². The van der Waals surface area contributed by atoms with Gasteiger partial charge in [0.25, 0.3) is 0 Å². The molecule has 0 spiro atoms. The number of aryl methyl sites for hydroxylation is 1. The number of anilines is 1. The Morgan fingerprint density at radius 2 is 2.10 bits per heavy atom. The fourth-order valence-electron chi connectivity index (χ4n) is 3.36. The second kappa shape index (κ2) is 4.82. The third-order valence-corrected chi connectivity index (χ3v) is 4.39. The van der Waals surface area contributed by atoms with Crippen LogP contribution in [0.15, 0.2) is 42.9 Å². The zero-order valence-electron chi connectivity index (χ0n) is 11.5. The normalized spacial score (nSPS) is 18.0. The fraction of sp³-hybridized carbons (Fsp3) is 0.353. The van der Waals surface area contributed by atoms with Crippen molar-refractivity contribution in [2.45, 2.75) is 31.7 Å². The Balaban J connectivity index is 1.80. The Morgan fingerprint density at radius 3 is 3.00 bits per heavy atom. The second-order valence-electron chi connectivity index (χ2n) is 5.65. The van der Waals surface area contributed by atoms with Crippen LogP contribution in [0.5, 0.6) is 0 Å². The van der Waals surface area contributed by atoms with E-state index in [0.717, 1.165) is 19.4 Å². The minimum absolute atomic E-state index is 0.534. The molecule has 4 rings (SSSR count). The molecule has 1 aromatic carbocycles. The van der Waals surface area contributed by atoms with E-state index < -0.39 is 0 Å². The van der Waals surface area contributed by atoms with Gasteiger partial charge in [-0.05, 0) is 31.2 Å². The Kier molecular flexibility index (Phi) is 2.84. The van der Waals surface area contributed by atoms with Gasteiger partial charge >= 0.3 is 0 Å². The number of hydrogen-bond donors (Lipinski definition) is 1. The predicted octanol–water partition coefficient (Wildman–Crippen LogP) is 3.80. The molecular formula is C17H19N3. The van der Waals surface area contributed by atoms with E-state index in [4.69, 9.17) is 0 Å². The van der Waals surface area contributed by atoms with Crippen LogP contribution >= 0.6 is 0 Å². The molecule has 2 heterocycles. The lowest BCUT2D eigenvalue weighted by Crippen LogP contribution is -2.13. The van der Waals surface area contributed by atoms with E-state index in [2.05, 4.69) is 45.2 Å². The summed E-state index contributed by atoms with van der Waals surface area (Å²) in [5, 5.41) is 3.58. The van der Waals surface area contributed by atoms with Gasteiger partial charge in [-0.25, -0.2) is 4.98 Å². The number of allylic oxidation sites excluding steroid dienone is 2. The van der Waals surface area contributed by atoms with Gasteiger partial charge in [-0.2, -0.15) is 0 Å². The third kappa shape index (κ3) is 1.85. The Bertz CT molecular complexity index is 646. The second-order valence-corrected chi connectivity index (χ2v) is 5.65. The zero-order chi connectivity index (χ0) is 13.4. The molecule has 0 saturated heterocycles. The summed E-state index contributed by atoms with van der Waals surface area (Å²) in [6.07, 6.45) is 13.2. The van der Waals surface area contributed by atoms with Gasteiger partial charge in [-0.1, -0.05) is 30.4 Å². The predicted molar refractivity (Wildman–Crippen MR) is 81.9 cm³/mol. The molecule has 3 heteroatoms. The largest absolute Gasteiger partial charge is 0.384 e. The van der Waals surface area contributed by atoms with E-state index in [1.165, 1.54) is 35.3 Å². The first-order valence-electron chi connectivity index (χ1n) is 7.46. The summed E-state index contributed by atoms with van der Waals surface area (Å²) in [4.78, 5) is 4.40. The summed E-state index contributed by atoms with van der Waals surface area (Å²) in [6, 6.07) is 7.16. The SMILES string of the molecule is C1=CCC(n2cncc2-c2cccc3c2NCCC3)C1. The monoisotopic (exact) mass is 265 g/mol. The summed E-state index contributed by atoms with van der Waals surface area (Å²) >= 11 is 0. The van der Waals surface area contributed by atoms with E-state index >= 15 is 0 Å². The highest BCUT2D eigenvalue weighted by molar-refractivity contribution is 5.79. The topological polar surface area (TPSA) is 29.9 Å². The van der Waals surface area contributed by atoms with Crippen molar-refractivity contribution in [2.24, 2.45) is 0 Å². The van der Waals surface area contributed by atoms with Crippen molar-refractivity contribution in [3.63, 3.8) is 0 Å². The van der Waals surface area contributed by atoms with Crippen LogP contribution in [0, 0.1) is 0 Å². The zero-order valence-corrected chi connectivity index (χ0v) is 11.5. The van der Waals surface area contributed by atoms with Crippen molar-refractivity contribution in [2.75, 3.05) is 11.9 Å². The quantitative estimate of drug-likeness (QED) is 0.837. The standard InChI is InChI=1S/C17H19N3/c1-2-8-14(7-1)20-12-18-11-16(20)15-9-3-5-13-6-4-10-19-17(13)15/h1-3,5,9,11-12,14,19H,4,6-8,10H2. The maximum atomic E-state index is 4.40. The molecule has 0 unspecified atom stereocenters. The number of fused-ring (bicyclic) bond motifs is 1. The smallest absolute Gasteiger partial charge is 0.0953 e. The highest BCUT2D eigenvalue weighted by Crippen LogP contribution is 2.36. The van der Waals surface area contributed by atoms with Gasteiger partial charge in [0.2, 0.25) is 0 Å². The van der Waals surface area contributed by atoms with Crippen LogP contribution in [0.1, 0.15) is 30.9 Å². The molecule has 2 aromatic rings. The lowest BCUT2D eigenvalue weighted by molar-refractivity contribution is 0.540. The van der Waals surface area contributed by atoms with Crippen molar-refractivity contribution in [1.29, 1.82) is 0 Å². The summed E-state index contributed by atoms with van der Waals surface area (Å²) in [5.41, 5.74) is 5.29. The molecule has 20 heavy (non-hydrogen) atoms. The molecule has 3 nitrogen and oxygen atoms in total. The number of aromatic nitrogens is 2. The van der Waals surface area contributed by atoms with E-state index in [9.17, 15) is 0 Å². The molecule has 2 aliphatic rings. The first-order valence-corrected chi connectivity index (χ1v) is 7.46. The summed E-state index contributed by atoms with van der Waals surface area (Å²) in [7, 11) is 0. The van der Waals surface area contributed by atoms with Crippen LogP contribution < -0.4 is 5.32 Å². The number of para-hydroxylation sites is 1. The van der Waals surface area contributed by atoms with Gasteiger partial charge in [0.15, 0.2) is 0 Å². The molecule has 0 radical (unpaired) electrons. The lowest BCUT2D eigenvalue weighted by atomic mass is 9.98. The number of nitrogens with zero attached hydrogens (tertiary/aromatic N) is 2. The van der Waals surface area contributed by atoms with Gasteiger partial charge in [-0.3, -0.25) is 0 Å². The molecule has 102 valence electrons. The number of benzene rings is 1. The van der Waals surface area contributed by atoms with Crippen molar-refractivity contribution in [1.82, 2.24) is 9.55 Å². The molecule has 1 N–H and O–H groups in total. The Hall–Kier alpha value is -2.03. The molecule has 0 atom stereocenters. The van der Waals surface area contributed by atoms with Crippen LogP contribution in [0.3, 0.4) is 0 Å². The molecule has 0 saturated carbocycles. The van der Waals surface area contributed by atoms with Gasteiger partial charge in [0.05, 0.1) is 18.2 Å². The minimum Gasteiger partial charge on any atom is -0.384 e. The Morgan fingerprint density at radius 1 is 1.20 bits per heavy atom. The van der Waals surface area contributed by atoms with Crippen LogP contribution in [0.25, 0.3) is 11.3 Å². The number of nitrogens with one attached hydrogen (secondary N) is 1. The molecule has 1 aromatic heterocycles. The molecule has 0 amide bonds. The Labute approximate surface area is 119 Å². The summed E-state index contributed by atoms with van der Waals surface area (Å²) < 4.78 is 2.34. The van der Waals surface area contributed by atoms with Crippen LogP contribution in [-0.2, 0) is 6.42 Å². The van der Waals surface area contributed by atoms with Gasteiger partial charge < -0.3 is 9.88 Å². The van der Waals surface area contributed by atoms with E-state index in [1.807, 2.05) is 12.5 Å². The summed E-state index contributed by atoms with van der Waals surface area (Å²) in [5.74, 6) is 0. The van der Waals surface area contributed by atoms with Crippen molar-refractivity contribution >= 4 is 5.69 Å². The van der Waals surface area contributed by atoms with Crippen LogP contribution in [0.4, 0.5) is 5.69 Å². The first-order chi connectivity index (χ1) is 9.93. The van der Waals surface area contributed by atoms with Gasteiger partial charge in [0.1, 0.15) is 0 Å². The molecular weight excluding hydrogens is 246 g/mol. The fourth-order valence-corrected chi connectivity index (χ4v) is 3.36. The maximum absolute atomic E-state index is 4.40. The van der Waals surface area contributed by atoms with Crippen molar-refractivity contribution in [3.05, 3.63) is 48.4 Å². The van der Waals surface area contributed by atoms with Gasteiger partial charge in [0, 0.05) is 23.8 Å². The minimum atomic E-state index is 0.534. The van der Waals surface area contributed by atoms with Crippen LogP contribution in [0.2, 0.25) is 0 Å². The van der Waals surface area contributed by atoms with Crippen molar-refractivity contribution < 1.29 is 0 Å². The summed E-state index contributed by atoms with van der Waals surface area (Å²) in [6.45, 7) is 1.07. The highest BCUT2D eigenvalue weighted by atomic mass is 15.1. The maximum Gasteiger partial charge on any atom is 0.0953 e. The molecule has 0 bridgehead atoms. The number of rotatable bonds is 2.